The second-order valence-corrected chi connectivity index (χ2v) is 9.36. The van der Waals surface area contributed by atoms with Gasteiger partial charge in [0.15, 0.2) is 0 Å². The van der Waals surface area contributed by atoms with E-state index in [1.54, 1.807) is 25.1 Å². The molecule has 0 spiro atoms. The van der Waals surface area contributed by atoms with Gasteiger partial charge in [0.1, 0.15) is 5.75 Å². The van der Waals surface area contributed by atoms with Gasteiger partial charge in [-0.1, -0.05) is 30.4 Å². The van der Waals surface area contributed by atoms with Gasteiger partial charge in [0.25, 0.3) is 0 Å². The smallest absolute Gasteiger partial charge is 0.234 e. The van der Waals surface area contributed by atoms with Crippen LogP contribution in [0, 0.1) is 0 Å². The fourth-order valence-corrected chi connectivity index (χ4v) is 5.00. The van der Waals surface area contributed by atoms with Gasteiger partial charge in [0.05, 0.1) is 43.0 Å². The van der Waals surface area contributed by atoms with Crippen LogP contribution >= 0.6 is 11.8 Å². The van der Waals surface area contributed by atoms with Crippen LogP contribution in [0.4, 0.5) is 5.69 Å². The zero-order valence-electron chi connectivity index (χ0n) is 18.5. The number of fused-ring (bicyclic) bond motifs is 2. The van der Waals surface area contributed by atoms with E-state index in [1.165, 1.54) is 5.56 Å². The van der Waals surface area contributed by atoms with Crippen molar-refractivity contribution in [2.75, 3.05) is 24.8 Å². The van der Waals surface area contributed by atoms with Crippen molar-refractivity contribution >= 4 is 40.3 Å². The van der Waals surface area contributed by atoms with Crippen molar-refractivity contribution in [3.05, 3.63) is 65.9 Å². The third-order valence-electron chi connectivity index (χ3n) is 6.04. The average molecular weight is 462 g/mol. The number of thioether (sulfide) groups is 1. The Balaban J connectivity index is 1.15. The van der Waals surface area contributed by atoms with E-state index in [0.29, 0.717) is 18.4 Å². The largest absolute Gasteiger partial charge is 0.495 e. The van der Waals surface area contributed by atoms with Crippen molar-refractivity contribution in [2.45, 2.75) is 36.4 Å². The number of aromatic nitrogens is 1. The Morgan fingerprint density at radius 3 is 3.06 bits per heavy atom. The number of hydrogen-bond donors (Lipinski definition) is 2. The number of carbonyl (C=O) groups excluding carboxylic acids is 1. The molecule has 6 nitrogen and oxygen atoms in total. The highest BCUT2D eigenvalue weighted by Crippen LogP contribution is 2.32. The van der Waals surface area contributed by atoms with Crippen LogP contribution in [0.25, 0.3) is 17.0 Å². The van der Waals surface area contributed by atoms with Crippen molar-refractivity contribution in [3.63, 3.8) is 0 Å². The molecule has 1 saturated heterocycles. The molecule has 0 saturated carbocycles. The summed E-state index contributed by atoms with van der Waals surface area (Å²) in [6, 6.07) is 14.7. The van der Waals surface area contributed by atoms with E-state index < -0.39 is 0 Å². The summed E-state index contributed by atoms with van der Waals surface area (Å²) in [7, 11) is 1.66. The lowest BCUT2D eigenvalue weighted by molar-refractivity contribution is -0.113. The molecule has 1 fully saturated rings. The maximum absolute atomic E-state index is 11.6. The van der Waals surface area contributed by atoms with Gasteiger partial charge in [-0.25, -0.2) is 0 Å². The number of benzene rings is 2. The molecule has 0 aliphatic carbocycles. The fraction of sp³-hybridized carbons (Fsp3) is 0.308. The molecule has 0 radical (unpaired) electrons. The predicted molar refractivity (Wildman–Crippen MR) is 133 cm³/mol. The third kappa shape index (κ3) is 5.21. The van der Waals surface area contributed by atoms with E-state index in [0.717, 1.165) is 52.2 Å². The quantitative estimate of drug-likeness (QED) is 0.557. The van der Waals surface area contributed by atoms with Crippen LogP contribution in [0.3, 0.4) is 0 Å². The van der Waals surface area contributed by atoms with Gasteiger partial charge in [0, 0.05) is 22.9 Å². The first-order chi connectivity index (χ1) is 16.2. The van der Waals surface area contributed by atoms with Crippen molar-refractivity contribution in [3.8, 4) is 5.75 Å². The highest BCUT2D eigenvalue weighted by atomic mass is 32.2. The molecule has 0 unspecified atom stereocenters. The van der Waals surface area contributed by atoms with E-state index in [9.17, 15) is 4.79 Å². The third-order valence-corrected chi connectivity index (χ3v) is 7.12. The van der Waals surface area contributed by atoms with Crippen LogP contribution in [0.5, 0.6) is 5.75 Å². The minimum Gasteiger partial charge on any atom is -0.495 e. The van der Waals surface area contributed by atoms with Gasteiger partial charge < -0.3 is 20.1 Å². The second-order valence-electron chi connectivity index (χ2n) is 8.34. The number of amides is 1. The van der Waals surface area contributed by atoms with E-state index in [1.807, 2.05) is 18.2 Å². The molecule has 2 aromatic carbocycles. The van der Waals surface area contributed by atoms with Crippen LogP contribution in [0.15, 0.2) is 59.6 Å². The summed E-state index contributed by atoms with van der Waals surface area (Å²) < 4.78 is 11.4. The molecule has 3 aromatic rings. The van der Waals surface area contributed by atoms with Crippen LogP contribution in [-0.2, 0) is 16.1 Å². The van der Waals surface area contributed by atoms with Gasteiger partial charge >= 0.3 is 0 Å². The lowest BCUT2D eigenvalue weighted by Crippen LogP contribution is -2.39. The Morgan fingerprint density at radius 1 is 1.27 bits per heavy atom. The maximum atomic E-state index is 11.6. The van der Waals surface area contributed by atoms with Crippen LogP contribution in [0.2, 0.25) is 0 Å². The summed E-state index contributed by atoms with van der Waals surface area (Å²) in [5, 5.41) is 7.63. The van der Waals surface area contributed by atoms with Crippen LogP contribution < -0.4 is 15.4 Å². The second kappa shape index (κ2) is 9.95. The number of carbonyl (C=O) groups is 1. The van der Waals surface area contributed by atoms with Gasteiger partial charge in [0.2, 0.25) is 5.91 Å². The molecular weight excluding hydrogens is 434 g/mol. The summed E-state index contributed by atoms with van der Waals surface area (Å²) in [5.41, 5.74) is 4.15. The first-order valence-corrected chi connectivity index (χ1v) is 12.2. The van der Waals surface area contributed by atoms with Crippen molar-refractivity contribution < 1.29 is 14.3 Å². The lowest BCUT2D eigenvalue weighted by atomic mass is 10.0. The number of rotatable bonds is 6. The first-order valence-electron chi connectivity index (χ1n) is 11.2. The highest BCUT2D eigenvalue weighted by Gasteiger charge is 2.20. The lowest BCUT2D eigenvalue weighted by Gasteiger charge is -2.28. The Kier molecular flexibility index (Phi) is 6.62. The number of pyridine rings is 1. The number of anilines is 1. The molecule has 3 heterocycles. The van der Waals surface area contributed by atoms with Gasteiger partial charge in [-0.2, -0.15) is 0 Å². The normalized spacial score (nSPS) is 20.6. The predicted octanol–water partition coefficient (Wildman–Crippen LogP) is 4.64. The Labute approximate surface area is 197 Å². The summed E-state index contributed by atoms with van der Waals surface area (Å²) >= 11 is 1.59. The molecule has 7 heteroatoms. The SMILES string of the molecule is COc1cnc2cccc(/C=C/[C@@H]3CC[C@@H](NCc4ccc5c(c4)NC(=O)CS5)CO3)c2c1. The standard InChI is InChI=1S/C26H27N3O3S/c1-31-21-12-22-18(3-2-4-23(22)28-14-21)6-8-20-9-7-19(15-32-20)27-13-17-5-10-25-24(11-17)29-26(30)16-33-25/h2-6,8,10-12,14,19-20,27H,7,9,13,15-16H2,1H3,(H,29,30)/b8-6+/t19-,20-/m1/s1. The zero-order chi connectivity index (χ0) is 22.6. The van der Waals surface area contributed by atoms with Crippen LogP contribution in [-0.4, -0.2) is 42.5 Å². The number of methoxy groups -OCH3 is 1. The zero-order valence-corrected chi connectivity index (χ0v) is 19.4. The molecular formula is C26H27N3O3S. The minimum absolute atomic E-state index is 0.0660. The summed E-state index contributed by atoms with van der Waals surface area (Å²) in [4.78, 5) is 17.2. The molecule has 2 aliphatic heterocycles. The van der Waals surface area contributed by atoms with E-state index in [4.69, 9.17) is 9.47 Å². The summed E-state index contributed by atoms with van der Waals surface area (Å²) in [6.45, 7) is 1.44. The van der Waals surface area contributed by atoms with E-state index in [2.05, 4.69) is 52.0 Å². The fourth-order valence-electron chi connectivity index (χ4n) is 4.21. The molecule has 0 bridgehead atoms. The van der Waals surface area contributed by atoms with Crippen molar-refractivity contribution in [1.82, 2.24) is 10.3 Å². The molecule has 1 aromatic heterocycles. The molecule has 2 atom stereocenters. The van der Waals surface area contributed by atoms with Gasteiger partial charge in [-0.15, -0.1) is 11.8 Å². The Morgan fingerprint density at radius 2 is 2.21 bits per heavy atom. The van der Waals surface area contributed by atoms with Gasteiger partial charge in [-0.05, 0) is 48.2 Å². The van der Waals surface area contributed by atoms with E-state index in [-0.39, 0.29) is 12.0 Å². The summed E-state index contributed by atoms with van der Waals surface area (Å²) in [5.74, 6) is 1.31. The molecule has 2 aliphatic rings. The molecule has 33 heavy (non-hydrogen) atoms. The maximum Gasteiger partial charge on any atom is 0.234 e. The first kappa shape index (κ1) is 21.9. The van der Waals surface area contributed by atoms with Crippen LogP contribution in [0.1, 0.15) is 24.0 Å². The van der Waals surface area contributed by atoms with Crippen molar-refractivity contribution in [1.29, 1.82) is 0 Å². The highest BCUT2D eigenvalue weighted by molar-refractivity contribution is 8.00. The average Bonchev–Trinajstić information content (AvgIpc) is 2.86. The number of nitrogens with one attached hydrogen (secondary N) is 2. The topological polar surface area (TPSA) is 72.5 Å². The molecule has 5 rings (SSSR count). The Hall–Kier alpha value is -2.87. The minimum atomic E-state index is 0.0660. The number of ether oxygens (including phenoxy) is 2. The van der Waals surface area contributed by atoms with Crippen molar-refractivity contribution in [2.24, 2.45) is 0 Å². The number of nitrogens with zero attached hydrogens (tertiary/aromatic N) is 1. The number of hydrogen-bond acceptors (Lipinski definition) is 6. The van der Waals surface area contributed by atoms with E-state index >= 15 is 0 Å². The Bertz CT molecular complexity index is 1190. The molecule has 2 N–H and O–H groups in total. The molecule has 170 valence electrons. The van der Waals surface area contributed by atoms with Gasteiger partial charge in [-0.3, -0.25) is 9.78 Å². The summed E-state index contributed by atoms with van der Waals surface area (Å²) in [6.07, 6.45) is 8.14. The molecule has 1 amide bonds. The monoisotopic (exact) mass is 461 g/mol.